The molecule has 0 fully saturated rings. The lowest BCUT2D eigenvalue weighted by atomic mass is 9.93. The highest BCUT2D eigenvalue weighted by Gasteiger charge is 2.26. The van der Waals surface area contributed by atoms with Crippen LogP contribution in [0.15, 0.2) is 393 Å². The van der Waals surface area contributed by atoms with E-state index in [1.807, 2.05) is 47.7 Å². The van der Waals surface area contributed by atoms with Gasteiger partial charge in [-0.05, 0) is 210 Å². The first kappa shape index (κ1) is 64.9. The monoisotopic (exact) mass is 1460 g/mol. The number of thiophene rings is 1. The zero-order chi connectivity index (χ0) is 75.1. The van der Waals surface area contributed by atoms with Crippen LogP contribution in [0.25, 0.3) is 230 Å². The number of hydrogen-bond acceptors (Lipinski definition) is 4. The highest BCUT2D eigenvalue weighted by Crippen LogP contribution is 2.50. The zero-order valence-electron chi connectivity index (χ0n) is 61.6. The third-order valence-electron chi connectivity index (χ3n) is 23.4. The van der Waals surface area contributed by atoms with Crippen molar-refractivity contribution in [2.24, 2.45) is 0 Å². The summed E-state index contributed by atoms with van der Waals surface area (Å²) in [6.07, 6.45) is 0. The van der Waals surface area contributed by atoms with Crippen LogP contribution in [0, 0.1) is 11.3 Å². The van der Waals surface area contributed by atoms with Crippen LogP contribution in [0.3, 0.4) is 0 Å². The van der Waals surface area contributed by atoms with Crippen LogP contribution in [0.1, 0.15) is 5.56 Å². The molecule has 24 aromatic rings. The Morgan fingerprint density at radius 1 is 0.237 bits per heavy atom. The minimum atomic E-state index is 0.645. The van der Waals surface area contributed by atoms with E-state index in [1.54, 1.807) is 0 Å². The first-order valence-corrected chi connectivity index (χ1v) is 39.6. The maximum Gasteiger partial charge on any atom is 0.137 e. The molecule has 0 saturated carbocycles. The number of fused-ring (bicyclic) bond motifs is 20. The molecule has 0 amide bonds. The molecular formula is C108H64N4OS. The van der Waals surface area contributed by atoms with Gasteiger partial charge in [0.15, 0.2) is 0 Å². The van der Waals surface area contributed by atoms with Crippen molar-refractivity contribution >= 4 is 130 Å². The first-order chi connectivity index (χ1) is 56.4. The third kappa shape index (κ3) is 10.6. The van der Waals surface area contributed by atoms with Crippen LogP contribution < -0.4 is 0 Å². The lowest BCUT2D eigenvalue weighted by Crippen LogP contribution is -1.91. The molecule has 0 aliphatic heterocycles. The average molecular weight is 1470 g/mol. The molecular weight excluding hydrogens is 1400 g/mol. The molecule has 0 N–H and O–H groups in total. The van der Waals surface area contributed by atoms with Crippen molar-refractivity contribution < 1.29 is 4.42 Å². The Kier molecular flexibility index (Phi) is 14.9. The van der Waals surface area contributed by atoms with Crippen molar-refractivity contribution in [1.29, 1.82) is 5.26 Å². The van der Waals surface area contributed by atoms with Crippen LogP contribution >= 0.6 is 11.3 Å². The van der Waals surface area contributed by atoms with Crippen LogP contribution in [-0.4, -0.2) is 13.8 Å². The standard InChI is InChI=1S/C55H32N2O.C53H32N2S/c56-33-34-25-42(36-13-5-2-6-14-36)29-43(26-34)39-17-10-16-38(28-39)41-21-23-50-47(30-41)49-32-44(40-18-9-15-37(27-40)35-11-3-1-4-12-35)31-48-45-22-24-52-53(55(45)57(50)54(48)49)46-19-7-8-20-51(46)58-52;1-4-13-33(14-5-1)39-29-45-42-24-25-43-41-21-10-11-22-50(41)56-53(43)52(42)55-49-26-23-37(28-44(49)46(30-39)51(45)55)36-19-12-20-38(27-36)48-32-40(34-15-6-2-7-16-34)31-47(54-48)35-17-8-3-9-18-35/h1-32H;1-32H. The fourth-order valence-electron chi connectivity index (χ4n) is 18.1. The van der Waals surface area contributed by atoms with Crippen molar-refractivity contribution in [3.8, 4) is 118 Å². The van der Waals surface area contributed by atoms with E-state index in [-0.39, 0.29) is 0 Å². The van der Waals surface area contributed by atoms with E-state index in [9.17, 15) is 5.26 Å². The van der Waals surface area contributed by atoms with Gasteiger partial charge in [-0.25, -0.2) is 4.98 Å². The summed E-state index contributed by atoms with van der Waals surface area (Å²) in [5.74, 6) is 0. The van der Waals surface area contributed by atoms with E-state index in [4.69, 9.17) is 9.40 Å². The summed E-state index contributed by atoms with van der Waals surface area (Å²) in [5, 5.41) is 24.9. The summed E-state index contributed by atoms with van der Waals surface area (Å²) in [4.78, 5) is 5.24. The summed E-state index contributed by atoms with van der Waals surface area (Å²) in [5.41, 5.74) is 32.3. The number of nitrogens with zero attached hydrogens (tertiary/aromatic N) is 4. The third-order valence-corrected chi connectivity index (χ3v) is 24.6. The largest absolute Gasteiger partial charge is 0.456 e. The van der Waals surface area contributed by atoms with Crippen molar-refractivity contribution in [2.45, 2.75) is 0 Å². The molecule has 0 spiro atoms. The van der Waals surface area contributed by atoms with Crippen molar-refractivity contribution in [3.63, 3.8) is 0 Å². The van der Waals surface area contributed by atoms with Crippen molar-refractivity contribution in [1.82, 2.24) is 13.8 Å². The van der Waals surface area contributed by atoms with Gasteiger partial charge in [-0.2, -0.15) is 5.26 Å². The molecule has 0 unspecified atom stereocenters. The Morgan fingerprint density at radius 2 is 0.605 bits per heavy atom. The molecule has 7 heterocycles. The Balaban J connectivity index is 0.000000135. The lowest BCUT2D eigenvalue weighted by molar-refractivity contribution is 0.669. The van der Waals surface area contributed by atoms with Gasteiger partial charge in [-0.15, -0.1) is 11.3 Å². The normalized spacial score (nSPS) is 11.9. The maximum absolute atomic E-state index is 9.99. The molecule has 24 rings (SSSR count). The molecule has 6 heteroatoms. The second kappa shape index (κ2) is 26.1. The Morgan fingerprint density at radius 3 is 1.18 bits per heavy atom. The predicted octanol–water partition coefficient (Wildman–Crippen LogP) is 29.9. The number of rotatable bonds is 10. The quantitative estimate of drug-likeness (QED) is 0.137. The van der Waals surface area contributed by atoms with Crippen LogP contribution in [-0.2, 0) is 0 Å². The molecule has 17 aromatic carbocycles. The van der Waals surface area contributed by atoms with E-state index in [0.717, 1.165) is 88.9 Å². The number of nitriles is 1. The molecule has 114 heavy (non-hydrogen) atoms. The fourth-order valence-corrected chi connectivity index (χ4v) is 19.3. The summed E-state index contributed by atoms with van der Waals surface area (Å²) in [6.45, 7) is 0. The number of hydrogen-bond donors (Lipinski definition) is 0. The van der Waals surface area contributed by atoms with E-state index in [2.05, 4.69) is 367 Å². The van der Waals surface area contributed by atoms with Gasteiger partial charge in [-0.3, -0.25) is 0 Å². The van der Waals surface area contributed by atoms with E-state index in [0.29, 0.717) is 5.56 Å². The van der Waals surface area contributed by atoms with Crippen LogP contribution in [0.5, 0.6) is 0 Å². The summed E-state index contributed by atoms with van der Waals surface area (Å²) >= 11 is 1.91. The summed E-state index contributed by atoms with van der Waals surface area (Å²) in [7, 11) is 0. The topological polar surface area (TPSA) is 58.6 Å². The number of furan rings is 1. The fraction of sp³-hybridized carbons (Fsp3) is 0. The maximum atomic E-state index is 9.99. The van der Waals surface area contributed by atoms with Gasteiger partial charge in [0.05, 0.1) is 66.2 Å². The molecule has 5 nitrogen and oxygen atoms in total. The second-order valence-electron chi connectivity index (χ2n) is 30.0. The molecule has 0 atom stereocenters. The molecule has 7 aromatic heterocycles. The van der Waals surface area contributed by atoms with E-state index < -0.39 is 0 Å². The van der Waals surface area contributed by atoms with Crippen molar-refractivity contribution in [2.75, 3.05) is 0 Å². The van der Waals surface area contributed by atoms with Gasteiger partial charge in [-0.1, -0.05) is 267 Å². The van der Waals surface area contributed by atoms with Crippen LogP contribution in [0.4, 0.5) is 0 Å². The molecule has 528 valence electrons. The van der Waals surface area contributed by atoms with Gasteiger partial charge >= 0.3 is 0 Å². The minimum absolute atomic E-state index is 0.645. The minimum Gasteiger partial charge on any atom is -0.456 e. The van der Waals surface area contributed by atoms with Gasteiger partial charge < -0.3 is 13.2 Å². The first-order valence-electron chi connectivity index (χ1n) is 38.7. The smallest absolute Gasteiger partial charge is 0.137 e. The summed E-state index contributed by atoms with van der Waals surface area (Å²) in [6, 6.07) is 142. The molecule has 0 aliphatic carbocycles. The Hall–Kier alpha value is -15.0. The molecule has 0 bridgehead atoms. The van der Waals surface area contributed by atoms with E-state index in [1.165, 1.54) is 141 Å². The number of pyridine rings is 1. The average Bonchev–Trinajstić information content (AvgIpc) is 1.52. The highest BCUT2D eigenvalue weighted by molar-refractivity contribution is 7.26. The molecule has 0 radical (unpaired) electrons. The van der Waals surface area contributed by atoms with Crippen LogP contribution in [0.2, 0.25) is 0 Å². The lowest BCUT2D eigenvalue weighted by Gasteiger charge is -2.12. The molecule has 0 aliphatic rings. The van der Waals surface area contributed by atoms with Gasteiger partial charge in [0.1, 0.15) is 11.2 Å². The Labute approximate surface area is 659 Å². The number of para-hydroxylation sites is 1. The molecule has 0 saturated heterocycles. The second-order valence-corrected chi connectivity index (χ2v) is 31.0. The predicted molar refractivity (Wildman–Crippen MR) is 479 cm³/mol. The number of benzene rings is 17. The van der Waals surface area contributed by atoms with Gasteiger partial charge in [0, 0.05) is 75.1 Å². The highest BCUT2D eigenvalue weighted by atomic mass is 32.1. The zero-order valence-corrected chi connectivity index (χ0v) is 62.4. The number of aromatic nitrogens is 3. The van der Waals surface area contributed by atoms with E-state index >= 15 is 0 Å². The Bertz CT molecular complexity index is 7970. The summed E-state index contributed by atoms with van der Waals surface area (Å²) < 4.78 is 14.1. The van der Waals surface area contributed by atoms with Gasteiger partial charge in [0.2, 0.25) is 0 Å². The van der Waals surface area contributed by atoms with Gasteiger partial charge in [0.25, 0.3) is 0 Å². The SMILES string of the molecule is N#Cc1cc(-c2ccccc2)cc(-c2cccc(-c3ccc4c(c3)c3cc(-c5cccc(-c6ccccc6)c5)cc5c6ccc7oc8ccccc8c7c6n4c35)c2)c1.c1ccc(-c2cc(-c3ccccc3)nc(-c3cccc(-c4ccc5c(c4)c4cc(-c6ccccc6)cc6c7ccc8c9ccccc9sc8c7n5c46)c3)c2)cc1. The van der Waals surface area contributed by atoms with Crippen molar-refractivity contribution in [3.05, 3.63) is 394 Å².